The first-order valence-electron chi connectivity index (χ1n) is 8.88. The first-order chi connectivity index (χ1) is 12.8. The highest BCUT2D eigenvalue weighted by molar-refractivity contribution is 6.01. The molecule has 2 unspecified atom stereocenters. The Balaban J connectivity index is 2.05. The Kier molecular flexibility index (Phi) is 4.21. The minimum atomic E-state index is -4.55. The maximum absolute atomic E-state index is 13.2. The highest BCUT2D eigenvalue weighted by Gasteiger charge is 2.33. The third kappa shape index (κ3) is 2.90. The third-order valence-corrected chi connectivity index (χ3v) is 5.43. The zero-order valence-electron chi connectivity index (χ0n) is 14.7. The third-order valence-electron chi connectivity index (χ3n) is 5.43. The van der Waals surface area contributed by atoms with Gasteiger partial charge in [-0.15, -0.1) is 0 Å². The molecule has 0 bridgehead atoms. The highest BCUT2D eigenvalue weighted by Crippen LogP contribution is 2.36. The Morgan fingerprint density at radius 2 is 2.11 bits per heavy atom. The number of alkyl halides is 3. The molecule has 1 aliphatic carbocycles. The summed E-state index contributed by atoms with van der Waals surface area (Å²) in [6, 6.07) is 0.755. The zero-order chi connectivity index (χ0) is 19.3. The van der Waals surface area contributed by atoms with E-state index in [9.17, 15) is 18.0 Å². The molecule has 144 valence electrons. The summed E-state index contributed by atoms with van der Waals surface area (Å²) in [5.41, 5.74) is 5.09. The van der Waals surface area contributed by atoms with Gasteiger partial charge in [0.2, 0.25) is 0 Å². The van der Waals surface area contributed by atoms with Crippen LogP contribution >= 0.6 is 0 Å². The molecular formula is C18H19F3N4O2. The van der Waals surface area contributed by atoms with Crippen LogP contribution in [-0.2, 0) is 6.18 Å². The summed E-state index contributed by atoms with van der Waals surface area (Å²) in [4.78, 5) is 17.2. The van der Waals surface area contributed by atoms with Gasteiger partial charge in [0.1, 0.15) is 22.2 Å². The fraction of sp³-hybridized carbons (Fsp3) is 0.500. The van der Waals surface area contributed by atoms with E-state index >= 15 is 0 Å². The lowest BCUT2D eigenvalue weighted by molar-refractivity contribution is -0.137. The van der Waals surface area contributed by atoms with Crippen molar-refractivity contribution < 1.29 is 17.7 Å². The fourth-order valence-corrected chi connectivity index (χ4v) is 4.06. The molecule has 0 amide bonds. The van der Waals surface area contributed by atoms with Crippen LogP contribution in [0.15, 0.2) is 21.6 Å². The molecule has 1 saturated carbocycles. The molecule has 27 heavy (non-hydrogen) atoms. The molecule has 3 heterocycles. The van der Waals surface area contributed by atoms with E-state index in [1.54, 1.807) is 6.92 Å². The van der Waals surface area contributed by atoms with Crippen LogP contribution in [0.25, 0.3) is 21.9 Å². The van der Waals surface area contributed by atoms with E-state index in [0.29, 0.717) is 25.1 Å². The molecule has 4 rings (SSSR count). The highest BCUT2D eigenvalue weighted by atomic mass is 19.4. The topological polar surface area (TPSA) is 86.9 Å². The number of nitrogens with two attached hydrogens (primary N) is 1. The Morgan fingerprint density at radius 3 is 2.81 bits per heavy atom. The number of aryl methyl sites for hydroxylation is 1. The number of hydrogen-bond acceptors (Lipinski definition) is 5. The van der Waals surface area contributed by atoms with Gasteiger partial charge in [0.05, 0.1) is 11.1 Å². The molecule has 0 radical (unpaired) electrons. The quantitative estimate of drug-likeness (QED) is 0.735. The van der Waals surface area contributed by atoms with E-state index in [1.165, 1.54) is 4.57 Å². The van der Waals surface area contributed by atoms with E-state index in [0.717, 1.165) is 25.1 Å². The van der Waals surface area contributed by atoms with Crippen LogP contribution < -0.4 is 11.3 Å². The molecule has 1 aliphatic rings. The Morgan fingerprint density at radius 1 is 1.33 bits per heavy atom. The number of rotatable bonds is 2. The molecular weight excluding hydrogens is 361 g/mol. The average Bonchev–Trinajstić information content (AvgIpc) is 3.03. The minimum Gasteiger partial charge on any atom is -0.360 e. The molecule has 1 fully saturated rings. The monoisotopic (exact) mass is 380 g/mol. The molecule has 2 atom stereocenters. The molecule has 9 heteroatoms. The van der Waals surface area contributed by atoms with Gasteiger partial charge in [-0.3, -0.25) is 9.78 Å². The number of nitrogens with zero attached hydrogens (tertiary/aromatic N) is 3. The van der Waals surface area contributed by atoms with Gasteiger partial charge in [-0.25, -0.2) is 0 Å². The van der Waals surface area contributed by atoms with Crippen molar-refractivity contribution in [3.05, 3.63) is 33.9 Å². The average molecular weight is 380 g/mol. The maximum Gasteiger partial charge on any atom is 0.417 e. The zero-order valence-corrected chi connectivity index (χ0v) is 14.7. The predicted molar refractivity (Wildman–Crippen MR) is 93.4 cm³/mol. The van der Waals surface area contributed by atoms with Crippen LogP contribution in [0.2, 0.25) is 0 Å². The molecule has 6 nitrogen and oxygen atoms in total. The summed E-state index contributed by atoms with van der Waals surface area (Å²) in [6.45, 7) is 2.10. The first-order valence-corrected chi connectivity index (χ1v) is 8.88. The van der Waals surface area contributed by atoms with Gasteiger partial charge in [0.25, 0.3) is 5.56 Å². The lowest BCUT2D eigenvalue weighted by Crippen LogP contribution is -2.31. The second kappa shape index (κ2) is 6.33. The molecule has 2 N–H and O–H groups in total. The van der Waals surface area contributed by atoms with Gasteiger partial charge in [0.15, 0.2) is 0 Å². The van der Waals surface area contributed by atoms with Crippen molar-refractivity contribution in [1.82, 2.24) is 14.7 Å². The summed E-state index contributed by atoms with van der Waals surface area (Å²) in [6.07, 6.45) is -0.601. The van der Waals surface area contributed by atoms with Crippen molar-refractivity contribution in [3.8, 4) is 0 Å². The molecule has 3 aromatic rings. The van der Waals surface area contributed by atoms with Crippen LogP contribution in [0.5, 0.6) is 0 Å². The number of pyridine rings is 2. The summed E-state index contributed by atoms with van der Waals surface area (Å²) >= 11 is 0. The van der Waals surface area contributed by atoms with E-state index in [-0.39, 0.29) is 39.5 Å². The van der Waals surface area contributed by atoms with Gasteiger partial charge < -0.3 is 14.8 Å². The van der Waals surface area contributed by atoms with Gasteiger partial charge in [-0.1, -0.05) is 11.6 Å². The van der Waals surface area contributed by atoms with Crippen molar-refractivity contribution in [2.45, 2.75) is 44.8 Å². The summed E-state index contributed by atoms with van der Waals surface area (Å²) in [7, 11) is 0. The second-order valence-corrected chi connectivity index (χ2v) is 7.15. The molecule has 0 spiro atoms. The molecule has 0 aliphatic heterocycles. The number of hydrogen-bond donors (Lipinski definition) is 1. The van der Waals surface area contributed by atoms with Crippen molar-refractivity contribution in [3.63, 3.8) is 0 Å². The van der Waals surface area contributed by atoms with E-state index in [1.807, 2.05) is 0 Å². The van der Waals surface area contributed by atoms with E-state index < -0.39 is 11.7 Å². The lowest BCUT2D eigenvalue weighted by atomic mass is 9.85. The summed E-state index contributed by atoms with van der Waals surface area (Å²) in [5, 5.41) is 4.13. The van der Waals surface area contributed by atoms with E-state index in [2.05, 4.69) is 10.1 Å². The maximum atomic E-state index is 13.2. The fourth-order valence-electron chi connectivity index (χ4n) is 4.06. The standard InChI is InChI=1S/C18H19F3N4O2/c1-9-14-16(24-27-9)15-13(6-11(8-23-15)18(19,20)21)25(17(14)26)12-4-2-3-10(5-12)7-22/h6,8,10,12H,2-5,7,22H2,1H3. The van der Waals surface area contributed by atoms with Crippen molar-refractivity contribution >= 4 is 21.9 Å². The largest absolute Gasteiger partial charge is 0.417 e. The smallest absolute Gasteiger partial charge is 0.360 e. The van der Waals surface area contributed by atoms with Crippen molar-refractivity contribution in [2.24, 2.45) is 11.7 Å². The van der Waals surface area contributed by atoms with Gasteiger partial charge in [0, 0.05) is 12.2 Å². The summed E-state index contributed by atoms with van der Waals surface area (Å²) in [5.74, 6) is 0.572. The molecule has 3 aromatic heterocycles. The van der Waals surface area contributed by atoms with E-state index in [4.69, 9.17) is 10.3 Å². The molecule has 0 aromatic carbocycles. The van der Waals surface area contributed by atoms with Crippen LogP contribution in [0, 0.1) is 12.8 Å². The molecule has 0 saturated heterocycles. The van der Waals surface area contributed by atoms with Gasteiger partial charge in [-0.2, -0.15) is 13.2 Å². The van der Waals surface area contributed by atoms with Gasteiger partial charge in [-0.05, 0) is 44.7 Å². The number of aromatic nitrogens is 3. The van der Waals surface area contributed by atoms with Crippen molar-refractivity contribution in [1.29, 1.82) is 0 Å². The normalized spacial score (nSPS) is 21.2. The lowest BCUT2D eigenvalue weighted by Gasteiger charge is -2.30. The first kappa shape index (κ1) is 18.0. The Bertz CT molecular complexity index is 1070. The minimum absolute atomic E-state index is 0.137. The second-order valence-electron chi connectivity index (χ2n) is 7.15. The SMILES string of the molecule is Cc1onc2c1c(=O)n(C1CCCC(CN)C1)c1cc(C(F)(F)F)cnc21. The Hall–Kier alpha value is -2.42. The van der Waals surface area contributed by atoms with Crippen LogP contribution in [0.3, 0.4) is 0 Å². The van der Waals surface area contributed by atoms with Crippen LogP contribution in [0.1, 0.15) is 43.0 Å². The van der Waals surface area contributed by atoms with Gasteiger partial charge >= 0.3 is 6.18 Å². The number of halogens is 3. The Labute approximate surface area is 152 Å². The summed E-state index contributed by atoms with van der Waals surface area (Å²) < 4.78 is 46.3. The number of fused-ring (bicyclic) bond motifs is 3. The predicted octanol–water partition coefficient (Wildman–Crippen LogP) is 3.55. The van der Waals surface area contributed by atoms with Crippen molar-refractivity contribution in [2.75, 3.05) is 6.54 Å². The van der Waals surface area contributed by atoms with Crippen LogP contribution in [-0.4, -0.2) is 21.3 Å². The van der Waals surface area contributed by atoms with Crippen LogP contribution in [0.4, 0.5) is 13.2 Å².